The molecule has 0 saturated carbocycles. The summed E-state index contributed by atoms with van der Waals surface area (Å²) >= 11 is 0. The smallest absolute Gasteiger partial charge is 0.145 e. The Morgan fingerprint density at radius 1 is 1.26 bits per heavy atom. The van der Waals surface area contributed by atoms with E-state index in [4.69, 9.17) is 15.2 Å². The number of pyridine rings is 1. The Hall–Kier alpha value is -1.65. The topological polar surface area (TPSA) is 57.4 Å². The van der Waals surface area contributed by atoms with Crippen molar-refractivity contribution in [2.45, 2.75) is 20.0 Å². The normalized spacial score (nSPS) is 12.6. The fraction of sp³-hybridized carbons (Fsp3) is 0.400. The number of para-hydroxylation sites is 1. The largest absolute Gasteiger partial charge is 0.489 e. The van der Waals surface area contributed by atoms with Crippen LogP contribution in [0.3, 0.4) is 0 Å². The number of aryl methyl sites for hydroxylation is 1. The molecule has 4 nitrogen and oxygen atoms in total. The van der Waals surface area contributed by atoms with Gasteiger partial charge in [-0.05, 0) is 26.0 Å². The Bertz CT molecular complexity index is 543. The standard InChI is InChI=1S/C15H20N2O2/c1-3-18-13(9-16)10-19-14-6-4-5-12-8-7-11(2)17-15(12)14/h4-8,13H,3,9-10,16H2,1-2H3. The lowest BCUT2D eigenvalue weighted by Crippen LogP contribution is -2.30. The fourth-order valence-electron chi connectivity index (χ4n) is 1.94. The van der Waals surface area contributed by atoms with E-state index in [9.17, 15) is 0 Å². The van der Waals surface area contributed by atoms with Crippen LogP contribution in [0.2, 0.25) is 0 Å². The number of rotatable bonds is 6. The second-order valence-corrected chi connectivity index (χ2v) is 4.40. The van der Waals surface area contributed by atoms with Gasteiger partial charge in [0.2, 0.25) is 0 Å². The molecule has 0 radical (unpaired) electrons. The molecule has 0 bridgehead atoms. The van der Waals surface area contributed by atoms with Gasteiger partial charge in [0.05, 0.1) is 0 Å². The van der Waals surface area contributed by atoms with Crippen LogP contribution in [0.4, 0.5) is 0 Å². The molecule has 1 aromatic heterocycles. The van der Waals surface area contributed by atoms with Crippen LogP contribution in [0.5, 0.6) is 5.75 Å². The molecule has 1 unspecified atom stereocenters. The summed E-state index contributed by atoms with van der Waals surface area (Å²) in [7, 11) is 0. The molecule has 2 aromatic rings. The molecule has 4 heteroatoms. The van der Waals surface area contributed by atoms with Crippen LogP contribution in [-0.2, 0) is 4.74 Å². The summed E-state index contributed by atoms with van der Waals surface area (Å²) in [5, 5.41) is 1.07. The van der Waals surface area contributed by atoms with E-state index in [2.05, 4.69) is 4.98 Å². The molecule has 2 N–H and O–H groups in total. The molecule has 1 heterocycles. The zero-order chi connectivity index (χ0) is 13.7. The van der Waals surface area contributed by atoms with E-state index in [-0.39, 0.29) is 6.10 Å². The number of fused-ring (bicyclic) bond motifs is 1. The van der Waals surface area contributed by atoms with Gasteiger partial charge in [0.1, 0.15) is 24.0 Å². The van der Waals surface area contributed by atoms with E-state index < -0.39 is 0 Å². The average Bonchev–Trinajstić information content (AvgIpc) is 2.43. The van der Waals surface area contributed by atoms with Gasteiger partial charge in [-0.1, -0.05) is 18.2 Å². The maximum absolute atomic E-state index is 5.81. The fourth-order valence-corrected chi connectivity index (χ4v) is 1.94. The van der Waals surface area contributed by atoms with Gasteiger partial charge < -0.3 is 15.2 Å². The first-order valence-corrected chi connectivity index (χ1v) is 6.55. The second-order valence-electron chi connectivity index (χ2n) is 4.40. The molecule has 19 heavy (non-hydrogen) atoms. The molecule has 0 aliphatic heterocycles. The molecule has 0 saturated heterocycles. The molecule has 0 aliphatic rings. The summed E-state index contributed by atoms with van der Waals surface area (Å²) < 4.78 is 11.3. The molecule has 0 aliphatic carbocycles. The van der Waals surface area contributed by atoms with Crippen LogP contribution in [0.1, 0.15) is 12.6 Å². The highest BCUT2D eigenvalue weighted by Gasteiger charge is 2.09. The van der Waals surface area contributed by atoms with Gasteiger partial charge in [-0.15, -0.1) is 0 Å². The van der Waals surface area contributed by atoms with Gasteiger partial charge in [-0.2, -0.15) is 0 Å². The summed E-state index contributed by atoms with van der Waals surface area (Å²) in [5.41, 5.74) is 7.50. The first kappa shape index (κ1) is 13.8. The van der Waals surface area contributed by atoms with Crippen LogP contribution in [0.25, 0.3) is 10.9 Å². The Labute approximate surface area is 113 Å². The number of hydrogen-bond acceptors (Lipinski definition) is 4. The Kier molecular flexibility index (Phi) is 4.71. The van der Waals surface area contributed by atoms with Crippen molar-refractivity contribution < 1.29 is 9.47 Å². The maximum Gasteiger partial charge on any atom is 0.145 e. The van der Waals surface area contributed by atoms with Crippen molar-refractivity contribution >= 4 is 10.9 Å². The van der Waals surface area contributed by atoms with Gasteiger partial charge in [0, 0.05) is 24.2 Å². The molecule has 102 valence electrons. The Morgan fingerprint density at radius 3 is 2.84 bits per heavy atom. The first-order valence-electron chi connectivity index (χ1n) is 6.55. The van der Waals surface area contributed by atoms with Crippen molar-refractivity contribution in [3.63, 3.8) is 0 Å². The zero-order valence-corrected chi connectivity index (χ0v) is 11.4. The van der Waals surface area contributed by atoms with E-state index in [0.717, 1.165) is 22.3 Å². The SMILES string of the molecule is CCOC(CN)COc1cccc2ccc(C)nc12. The van der Waals surface area contributed by atoms with Gasteiger partial charge in [0.15, 0.2) is 0 Å². The zero-order valence-electron chi connectivity index (χ0n) is 11.4. The highest BCUT2D eigenvalue weighted by Crippen LogP contribution is 2.24. The third kappa shape index (κ3) is 3.43. The van der Waals surface area contributed by atoms with Crippen molar-refractivity contribution in [1.82, 2.24) is 4.98 Å². The van der Waals surface area contributed by atoms with Crippen molar-refractivity contribution in [3.8, 4) is 5.75 Å². The lowest BCUT2D eigenvalue weighted by Gasteiger charge is -2.16. The molecule has 2 rings (SSSR count). The lowest BCUT2D eigenvalue weighted by atomic mass is 10.2. The Balaban J connectivity index is 2.18. The van der Waals surface area contributed by atoms with Gasteiger partial charge in [-0.3, -0.25) is 0 Å². The first-order chi connectivity index (χ1) is 9.24. The molecule has 1 aromatic carbocycles. The van der Waals surface area contributed by atoms with Crippen LogP contribution in [0, 0.1) is 6.92 Å². The van der Waals surface area contributed by atoms with Gasteiger partial charge in [0.25, 0.3) is 0 Å². The minimum Gasteiger partial charge on any atom is -0.489 e. The molecule has 1 atom stereocenters. The number of hydrogen-bond donors (Lipinski definition) is 1. The van der Waals surface area contributed by atoms with Crippen molar-refractivity contribution in [1.29, 1.82) is 0 Å². The summed E-state index contributed by atoms with van der Waals surface area (Å²) in [6.07, 6.45) is -0.0786. The predicted molar refractivity (Wildman–Crippen MR) is 76.4 cm³/mol. The van der Waals surface area contributed by atoms with Gasteiger partial charge in [-0.25, -0.2) is 4.98 Å². The third-order valence-corrected chi connectivity index (χ3v) is 2.91. The minimum absolute atomic E-state index is 0.0786. The van der Waals surface area contributed by atoms with E-state index in [1.165, 1.54) is 0 Å². The summed E-state index contributed by atoms with van der Waals surface area (Å²) in [6.45, 7) is 5.45. The van der Waals surface area contributed by atoms with Crippen molar-refractivity contribution in [2.75, 3.05) is 19.8 Å². The lowest BCUT2D eigenvalue weighted by molar-refractivity contribution is 0.0340. The van der Waals surface area contributed by atoms with Gasteiger partial charge >= 0.3 is 0 Å². The number of nitrogens with two attached hydrogens (primary N) is 1. The van der Waals surface area contributed by atoms with Crippen LogP contribution >= 0.6 is 0 Å². The van der Waals surface area contributed by atoms with E-state index in [0.29, 0.717) is 19.8 Å². The maximum atomic E-state index is 5.81. The monoisotopic (exact) mass is 260 g/mol. The van der Waals surface area contributed by atoms with Crippen LogP contribution < -0.4 is 10.5 Å². The Morgan fingerprint density at radius 2 is 2.11 bits per heavy atom. The van der Waals surface area contributed by atoms with E-state index in [1.54, 1.807) is 0 Å². The predicted octanol–water partition coefficient (Wildman–Crippen LogP) is 2.29. The molecular formula is C15H20N2O2. The quantitative estimate of drug-likeness (QED) is 0.865. The molecule has 0 fully saturated rings. The highest BCUT2D eigenvalue weighted by atomic mass is 16.5. The molecule has 0 spiro atoms. The van der Waals surface area contributed by atoms with Crippen molar-refractivity contribution in [2.24, 2.45) is 5.73 Å². The number of ether oxygens (including phenoxy) is 2. The number of nitrogens with zero attached hydrogens (tertiary/aromatic N) is 1. The highest BCUT2D eigenvalue weighted by molar-refractivity contribution is 5.84. The average molecular weight is 260 g/mol. The second kappa shape index (κ2) is 6.50. The number of aromatic nitrogens is 1. The van der Waals surface area contributed by atoms with Crippen LogP contribution in [0.15, 0.2) is 30.3 Å². The van der Waals surface area contributed by atoms with Crippen LogP contribution in [-0.4, -0.2) is 30.8 Å². The molecule has 0 amide bonds. The summed E-state index contributed by atoms with van der Waals surface area (Å²) in [4.78, 5) is 4.53. The number of benzene rings is 1. The summed E-state index contributed by atoms with van der Waals surface area (Å²) in [6, 6.07) is 9.96. The third-order valence-electron chi connectivity index (χ3n) is 2.91. The van der Waals surface area contributed by atoms with E-state index >= 15 is 0 Å². The minimum atomic E-state index is -0.0786. The summed E-state index contributed by atoms with van der Waals surface area (Å²) in [5.74, 6) is 0.777. The van der Waals surface area contributed by atoms with E-state index in [1.807, 2.05) is 44.2 Å². The van der Waals surface area contributed by atoms with Crippen molar-refractivity contribution in [3.05, 3.63) is 36.0 Å². The molecular weight excluding hydrogens is 240 g/mol.